The molecule has 0 bridgehead atoms. The Morgan fingerprint density at radius 2 is 1.77 bits per heavy atom. The van der Waals surface area contributed by atoms with E-state index in [1.807, 2.05) is 24.3 Å². The van der Waals surface area contributed by atoms with Gasteiger partial charge in [0, 0.05) is 19.6 Å². The zero-order chi connectivity index (χ0) is 19.4. The second kappa shape index (κ2) is 8.38. The van der Waals surface area contributed by atoms with Crippen molar-refractivity contribution in [3.05, 3.63) is 48.0 Å². The van der Waals surface area contributed by atoms with Gasteiger partial charge in [0.05, 0.1) is 11.7 Å². The molecule has 1 aromatic rings. The molecule has 3 atom stereocenters. The van der Waals surface area contributed by atoms with Crippen LogP contribution >= 0.6 is 0 Å². The first kappa shape index (κ1) is 21.4. The zero-order valence-electron chi connectivity index (χ0n) is 17.3. The van der Waals surface area contributed by atoms with Crippen molar-refractivity contribution in [2.75, 3.05) is 13.7 Å². The van der Waals surface area contributed by atoms with Gasteiger partial charge in [-0.15, -0.1) is 0 Å². The number of methoxy groups -OCH3 is 1. The average molecular weight is 377 g/mol. The maximum Gasteiger partial charge on any atom is 0.192 e. The van der Waals surface area contributed by atoms with Gasteiger partial charge in [-0.25, -0.2) is 0 Å². The third-order valence-electron chi connectivity index (χ3n) is 6.01. The molecule has 1 aliphatic rings. The van der Waals surface area contributed by atoms with Crippen LogP contribution in [-0.2, 0) is 9.16 Å². The maximum absolute atomic E-state index is 11.5. The van der Waals surface area contributed by atoms with E-state index < -0.39 is 13.9 Å². The fourth-order valence-corrected chi connectivity index (χ4v) is 4.67. The van der Waals surface area contributed by atoms with Crippen molar-refractivity contribution in [1.82, 2.24) is 0 Å². The summed E-state index contributed by atoms with van der Waals surface area (Å²) >= 11 is 0. The molecule has 1 N–H and O–H groups in total. The van der Waals surface area contributed by atoms with E-state index in [0.717, 1.165) is 31.4 Å². The van der Waals surface area contributed by atoms with Crippen LogP contribution in [0.3, 0.4) is 0 Å². The molecule has 0 unspecified atom stereocenters. The normalized spacial score (nSPS) is 26.4. The number of ether oxygens (including phenoxy) is 1. The number of hydrogen-bond acceptors (Lipinski definition) is 3. The van der Waals surface area contributed by atoms with Gasteiger partial charge >= 0.3 is 0 Å². The second-order valence-electron chi connectivity index (χ2n) is 9.03. The van der Waals surface area contributed by atoms with E-state index in [0.29, 0.717) is 0 Å². The number of rotatable bonds is 8. The highest BCUT2D eigenvalue weighted by atomic mass is 28.4. The highest BCUT2D eigenvalue weighted by molar-refractivity contribution is 6.74. The van der Waals surface area contributed by atoms with E-state index >= 15 is 0 Å². The summed E-state index contributed by atoms with van der Waals surface area (Å²) in [5.74, 6) is -0.0552. The molecule has 2 rings (SSSR count). The van der Waals surface area contributed by atoms with E-state index in [9.17, 15) is 5.11 Å². The molecule has 0 fully saturated rings. The van der Waals surface area contributed by atoms with E-state index in [1.54, 1.807) is 7.11 Å². The summed E-state index contributed by atoms with van der Waals surface area (Å²) in [5.41, 5.74) is 0.290. The predicted molar refractivity (Wildman–Crippen MR) is 111 cm³/mol. The van der Waals surface area contributed by atoms with Gasteiger partial charge in [-0.1, -0.05) is 63.3 Å². The minimum atomic E-state index is -1.93. The summed E-state index contributed by atoms with van der Waals surface area (Å²) < 4.78 is 11.9. The van der Waals surface area contributed by atoms with E-state index in [4.69, 9.17) is 9.16 Å². The third kappa shape index (κ3) is 4.86. The molecule has 0 amide bonds. The molecule has 26 heavy (non-hydrogen) atoms. The molecule has 4 heteroatoms. The second-order valence-corrected chi connectivity index (χ2v) is 13.8. The lowest BCUT2D eigenvalue weighted by Gasteiger charge is -2.41. The molecule has 0 aliphatic heterocycles. The molecule has 3 nitrogen and oxygen atoms in total. The van der Waals surface area contributed by atoms with Crippen LogP contribution in [0, 0.1) is 0 Å². The highest BCUT2D eigenvalue weighted by Crippen LogP contribution is 2.46. The largest absolute Gasteiger partial charge is 0.410 e. The molecule has 0 saturated carbocycles. The molecular formula is C22H36O3Si. The average Bonchev–Trinajstić information content (AvgIpc) is 2.87. The SMILES string of the molecule is COCCCC[C@@]1(O)C=C[C@@H](O[Si](C)(C)C(C)(C)C)[C@@H]1c1ccccc1. The number of aliphatic hydroxyl groups is 1. The molecule has 1 aliphatic carbocycles. The first-order valence-electron chi connectivity index (χ1n) is 9.74. The standard InChI is InChI=1S/C22H36O3Si/c1-21(2,3)26(5,6)25-19-14-16-22(23,15-10-11-17-24-4)20(19)18-12-8-7-9-13-18/h7-9,12-14,16,19-20,23H,10-11,15,17H2,1-6H3/t19-,20+,22-/m1/s1. The lowest BCUT2D eigenvalue weighted by Crippen LogP contribution is -2.46. The van der Waals surface area contributed by atoms with Crippen molar-refractivity contribution >= 4 is 8.32 Å². The number of hydrogen-bond donors (Lipinski definition) is 1. The van der Waals surface area contributed by atoms with Gasteiger partial charge in [-0.3, -0.25) is 0 Å². The monoisotopic (exact) mass is 376 g/mol. The molecule has 146 valence electrons. The summed E-state index contributed by atoms with van der Waals surface area (Å²) in [6.45, 7) is 12.1. The smallest absolute Gasteiger partial charge is 0.192 e. The summed E-state index contributed by atoms with van der Waals surface area (Å²) in [4.78, 5) is 0. The van der Waals surface area contributed by atoms with Crippen LogP contribution in [0.1, 0.15) is 51.5 Å². The van der Waals surface area contributed by atoms with Gasteiger partial charge in [0.1, 0.15) is 0 Å². The molecule has 0 saturated heterocycles. The van der Waals surface area contributed by atoms with Crippen LogP contribution in [0.2, 0.25) is 18.1 Å². The van der Waals surface area contributed by atoms with Crippen molar-refractivity contribution in [3.63, 3.8) is 0 Å². The van der Waals surface area contributed by atoms with Gasteiger partial charge in [0.15, 0.2) is 8.32 Å². The minimum Gasteiger partial charge on any atom is -0.410 e. The fraction of sp³-hybridized carbons (Fsp3) is 0.636. The van der Waals surface area contributed by atoms with Gasteiger partial charge in [-0.05, 0) is 43.0 Å². The van der Waals surface area contributed by atoms with Crippen molar-refractivity contribution < 1.29 is 14.3 Å². The summed E-state index contributed by atoms with van der Waals surface area (Å²) in [6.07, 6.45) is 6.62. The van der Waals surface area contributed by atoms with Crippen molar-refractivity contribution in [2.24, 2.45) is 0 Å². The zero-order valence-corrected chi connectivity index (χ0v) is 18.3. The Labute approximate surface area is 160 Å². The molecule has 0 heterocycles. The number of benzene rings is 1. The lowest BCUT2D eigenvalue weighted by atomic mass is 9.80. The molecule has 0 aromatic heterocycles. The Morgan fingerprint density at radius 1 is 1.12 bits per heavy atom. The van der Waals surface area contributed by atoms with E-state index in [1.165, 1.54) is 0 Å². The van der Waals surface area contributed by atoms with Crippen molar-refractivity contribution in [1.29, 1.82) is 0 Å². The van der Waals surface area contributed by atoms with Crippen LogP contribution in [0.5, 0.6) is 0 Å². The molecular weight excluding hydrogens is 340 g/mol. The Kier molecular flexibility index (Phi) is 6.89. The van der Waals surface area contributed by atoms with Crippen LogP contribution < -0.4 is 0 Å². The van der Waals surface area contributed by atoms with Crippen LogP contribution in [-0.4, -0.2) is 38.8 Å². The summed E-state index contributed by atoms with van der Waals surface area (Å²) in [7, 11) is -0.211. The Bertz CT molecular complexity index is 591. The van der Waals surface area contributed by atoms with E-state index in [-0.39, 0.29) is 17.1 Å². The third-order valence-corrected chi connectivity index (χ3v) is 10.5. The van der Waals surface area contributed by atoms with Crippen LogP contribution in [0.4, 0.5) is 0 Å². The van der Waals surface area contributed by atoms with Crippen LogP contribution in [0.15, 0.2) is 42.5 Å². The van der Waals surface area contributed by atoms with Gasteiger partial charge in [-0.2, -0.15) is 0 Å². The van der Waals surface area contributed by atoms with Gasteiger partial charge < -0.3 is 14.3 Å². The maximum atomic E-state index is 11.5. The highest BCUT2D eigenvalue weighted by Gasteiger charge is 2.48. The Morgan fingerprint density at radius 3 is 2.35 bits per heavy atom. The predicted octanol–water partition coefficient (Wildman–Crippen LogP) is 5.28. The lowest BCUT2D eigenvalue weighted by molar-refractivity contribution is 0.0247. The van der Waals surface area contributed by atoms with Crippen molar-refractivity contribution in [2.45, 2.75) is 75.8 Å². The van der Waals surface area contributed by atoms with Crippen molar-refractivity contribution in [3.8, 4) is 0 Å². The summed E-state index contributed by atoms with van der Waals surface area (Å²) in [6, 6.07) is 10.3. The minimum absolute atomic E-state index is 0.0552. The topological polar surface area (TPSA) is 38.7 Å². The first-order chi connectivity index (χ1) is 12.1. The first-order valence-corrected chi connectivity index (χ1v) is 12.6. The fourth-order valence-electron chi connectivity index (χ4n) is 3.42. The van der Waals surface area contributed by atoms with E-state index in [2.05, 4.69) is 52.1 Å². The molecule has 0 spiro atoms. The quantitative estimate of drug-likeness (QED) is 0.381. The summed E-state index contributed by atoms with van der Waals surface area (Å²) in [5, 5.41) is 11.6. The van der Waals surface area contributed by atoms with Gasteiger partial charge in [0.2, 0.25) is 0 Å². The molecule has 1 aromatic carbocycles. The number of unbranched alkanes of at least 4 members (excludes halogenated alkanes) is 1. The van der Waals surface area contributed by atoms with Gasteiger partial charge in [0.25, 0.3) is 0 Å². The Hall–Kier alpha value is -0.943. The Balaban J connectivity index is 2.25. The van der Waals surface area contributed by atoms with Crippen LogP contribution in [0.25, 0.3) is 0 Å². The molecule has 0 radical (unpaired) electrons.